The summed E-state index contributed by atoms with van der Waals surface area (Å²) in [5.74, 6) is 0.532. The molecule has 2 aromatic heterocycles. The van der Waals surface area contributed by atoms with Gasteiger partial charge >= 0.3 is 5.97 Å². The Morgan fingerprint density at radius 1 is 1.00 bits per heavy atom. The van der Waals surface area contributed by atoms with Gasteiger partial charge in [0.25, 0.3) is 0 Å². The number of carboxylic acid groups (broad SMARTS) is 1. The Balaban J connectivity index is 0.000000499. The number of carboxylic acids is 1. The van der Waals surface area contributed by atoms with Crippen LogP contribution in [0.5, 0.6) is 0 Å². The first-order chi connectivity index (χ1) is 16.6. The molecule has 0 aliphatic heterocycles. The van der Waals surface area contributed by atoms with Crippen molar-refractivity contribution in [1.82, 2.24) is 9.97 Å². The lowest BCUT2D eigenvalue weighted by Crippen LogP contribution is -2.23. The number of fused-ring (bicyclic) bond motifs is 1. The number of hydrogen-bond acceptors (Lipinski definition) is 6. The van der Waals surface area contributed by atoms with Crippen LogP contribution in [0.15, 0.2) is 65.3 Å². The number of carbonyl (C=O) groups is 1. The SMILES string of the molecule is Cc1ccc(-c2c(-c3ccccc3)oc3ncnc(NC4CCCCC4)c23)cc1.O=C(O)CO. The highest BCUT2D eigenvalue weighted by Crippen LogP contribution is 2.43. The quantitative estimate of drug-likeness (QED) is 0.353. The summed E-state index contributed by atoms with van der Waals surface area (Å²) >= 11 is 0. The Kier molecular flexibility index (Phi) is 7.54. The lowest BCUT2D eigenvalue weighted by Gasteiger charge is -2.23. The van der Waals surface area contributed by atoms with Crippen LogP contribution < -0.4 is 5.32 Å². The number of aliphatic carboxylic acids is 1. The third-order valence-electron chi connectivity index (χ3n) is 5.95. The first-order valence-corrected chi connectivity index (χ1v) is 11.6. The molecule has 1 aliphatic carbocycles. The minimum atomic E-state index is -1.19. The molecule has 0 atom stereocenters. The Bertz CT molecular complexity index is 1230. The van der Waals surface area contributed by atoms with E-state index in [2.05, 4.69) is 58.6 Å². The Labute approximate surface area is 198 Å². The summed E-state index contributed by atoms with van der Waals surface area (Å²) in [7, 11) is 0. The highest BCUT2D eigenvalue weighted by atomic mass is 16.4. The van der Waals surface area contributed by atoms with Gasteiger partial charge in [0.05, 0.1) is 5.39 Å². The van der Waals surface area contributed by atoms with Crippen molar-refractivity contribution < 1.29 is 19.4 Å². The van der Waals surface area contributed by atoms with E-state index in [4.69, 9.17) is 19.4 Å². The lowest BCUT2D eigenvalue weighted by molar-refractivity contribution is -0.140. The number of rotatable bonds is 5. The van der Waals surface area contributed by atoms with Crippen LogP contribution in [0.25, 0.3) is 33.6 Å². The minimum absolute atomic E-state index is 0.461. The van der Waals surface area contributed by atoms with Gasteiger partial charge in [0.1, 0.15) is 24.5 Å². The molecule has 0 unspecified atom stereocenters. The number of aliphatic hydroxyl groups is 1. The van der Waals surface area contributed by atoms with Crippen LogP contribution in [0.4, 0.5) is 5.82 Å². The zero-order valence-electron chi connectivity index (χ0n) is 19.2. The Hall–Kier alpha value is -3.71. The van der Waals surface area contributed by atoms with Gasteiger partial charge < -0.3 is 19.9 Å². The summed E-state index contributed by atoms with van der Waals surface area (Å²) in [4.78, 5) is 18.2. The van der Waals surface area contributed by atoms with E-state index in [-0.39, 0.29) is 0 Å². The normalized spacial score (nSPS) is 13.8. The molecule has 0 saturated heterocycles. The van der Waals surface area contributed by atoms with Gasteiger partial charge in [-0.25, -0.2) is 14.8 Å². The summed E-state index contributed by atoms with van der Waals surface area (Å²) in [6, 6.07) is 19.3. The number of anilines is 1. The Morgan fingerprint density at radius 2 is 1.68 bits per heavy atom. The van der Waals surface area contributed by atoms with Crippen LogP contribution in [0.3, 0.4) is 0 Å². The smallest absolute Gasteiger partial charge is 0.329 e. The summed E-state index contributed by atoms with van der Waals surface area (Å²) < 4.78 is 6.31. The first-order valence-electron chi connectivity index (χ1n) is 11.6. The number of furan rings is 1. The van der Waals surface area contributed by atoms with Gasteiger partial charge in [-0.3, -0.25) is 0 Å². The number of benzene rings is 2. The van der Waals surface area contributed by atoms with E-state index >= 15 is 0 Å². The number of aryl methyl sites for hydroxylation is 1. The van der Waals surface area contributed by atoms with E-state index in [0.717, 1.165) is 33.7 Å². The average Bonchev–Trinajstić information content (AvgIpc) is 3.27. The van der Waals surface area contributed by atoms with Crippen LogP contribution >= 0.6 is 0 Å². The van der Waals surface area contributed by atoms with Gasteiger partial charge in [-0.2, -0.15) is 0 Å². The van der Waals surface area contributed by atoms with Crippen molar-refractivity contribution in [2.45, 2.75) is 45.1 Å². The van der Waals surface area contributed by atoms with E-state index < -0.39 is 12.6 Å². The molecule has 2 aromatic carbocycles. The van der Waals surface area contributed by atoms with Crippen LogP contribution in [-0.2, 0) is 4.79 Å². The Morgan fingerprint density at radius 3 is 2.32 bits per heavy atom. The second-order valence-corrected chi connectivity index (χ2v) is 8.47. The maximum Gasteiger partial charge on any atom is 0.329 e. The zero-order chi connectivity index (χ0) is 23.9. The molecule has 7 nitrogen and oxygen atoms in total. The van der Waals surface area contributed by atoms with E-state index in [9.17, 15) is 0 Å². The van der Waals surface area contributed by atoms with Crippen molar-refractivity contribution >= 4 is 22.9 Å². The van der Waals surface area contributed by atoms with E-state index in [1.54, 1.807) is 6.33 Å². The van der Waals surface area contributed by atoms with Crippen molar-refractivity contribution in [2.75, 3.05) is 11.9 Å². The molecule has 2 heterocycles. The van der Waals surface area contributed by atoms with Gasteiger partial charge in [0, 0.05) is 17.2 Å². The molecule has 5 rings (SSSR count). The number of hydrogen-bond donors (Lipinski definition) is 3. The molecule has 0 bridgehead atoms. The highest BCUT2D eigenvalue weighted by Gasteiger charge is 2.23. The van der Waals surface area contributed by atoms with Gasteiger partial charge in [0.2, 0.25) is 5.71 Å². The molecule has 1 saturated carbocycles. The monoisotopic (exact) mass is 459 g/mol. The predicted octanol–water partition coefficient (Wildman–Crippen LogP) is 5.67. The standard InChI is InChI=1S/C25H25N3O.C2H4O3/c1-17-12-14-18(15-13-17)21-22-24(28-20-10-6-3-7-11-20)26-16-27-25(22)29-23(21)19-8-4-2-5-9-19;3-1-2(4)5/h2,4-5,8-9,12-16,20H,3,6-7,10-11H2,1H3,(H,26,27,28);3H,1H2,(H,4,5). The van der Waals surface area contributed by atoms with Crippen molar-refractivity contribution in [1.29, 1.82) is 0 Å². The largest absolute Gasteiger partial charge is 0.480 e. The van der Waals surface area contributed by atoms with Gasteiger partial charge in [-0.1, -0.05) is 79.4 Å². The zero-order valence-corrected chi connectivity index (χ0v) is 19.2. The molecule has 176 valence electrons. The highest BCUT2D eigenvalue weighted by molar-refractivity contribution is 6.05. The van der Waals surface area contributed by atoms with E-state index in [1.807, 2.05) is 18.2 Å². The fourth-order valence-corrected chi connectivity index (χ4v) is 4.27. The first kappa shape index (κ1) is 23.4. The number of nitrogens with one attached hydrogen (secondary N) is 1. The average molecular weight is 460 g/mol. The van der Waals surface area contributed by atoms with Crippen LogP contribution in [-0.4, -0.2) is 38.8 Å². The van der Waals surface area contributed by atoms with Crippen molar-refractivity contribution in [3.8, 4) is 22.5 Å². The molecule has 3 N–H and O–H groups in total. The van der Waals surface area contributed by atoms with Crippen molar-refractivity contribution in [2.24, 2.45) is 0 Å². The van der Waals surface area contributed by atoms with E-state index in [1.165, 1.54) is 37.7 Å². The van der Waals surface area contributed by atoms with Crippen molar-refractivity contribution in [3.05, 3.63) is 66.5 Å². The lowest BCUT2D eigenvalue weighted by atomic mass is 9.95. The molecule has 1 aliphatic rings. The maximum atomic E-state index is 9.12. The molecule has 1 fully saturated rings. The van der Waals surface area contributed by atoms with Crippen LogP contribution in [0, 0.1) is 6.92 Å². The third-order valence-corrected chi connectivity index (χ3v) is 5.95. The van der Waals surface area contributed by atoms with Gasteiger partial charge in [-0.05, 0) is 25.3 Å². The van der Waals surface area contributed by atoms with E-state index in [0.29, 0.717) is 11.8 Å². The van der Waals surface area contributed by atoms with Gasteiger partial charge in [-0.15, -0.1) is 0 Å². The number of aliphatic hydroxyl groups excluding tert-OH is 1. The topological polar surface area (TPSA) is 108 Å². The minimum Gasteiger partial charge on any atom is -0.480 e. The third kappa shape index (κ3) is 5.43. The molecule has 4 aromatic rings. The molecule has 0 amide bonds. The summed E-state index contributed by atoms with van der Waals surface area (Å²) in [5, 5.41) is 19.7. The molecule has 0 radical (unpaired) electrons. The summed E-state index contributed by atoms with van der Waals surface area (Å²) in [5.41, 5.74) is 5.09. The fourth-order valence-electron chi connectivity index (χ4n) is 4.27. The van der Waals surface area contributed by atoms with Crippen molar-refractivity contribution in [3.63, 3.8) is 0 Å². The molecular weight excluding hydrogens is 430 g/mol. The summed E-state index contributed by atoms with van der Waals surface area (Å²) in [6.45, 7) is 1.33. The maximum absolute atomic E-state index is 9.12. The molecule has 0 spiro atoms. The van der Waals surface area contributed by atoms with Gasteiger partial charge in [0.15, 0.2) is 0 Å². The van der Waals surface area contributed by atoms with Crippen LogP contribution in [0.2, 0.25) is 0 Å². The molecular formula is C27H29N3O4. The second-order valence-electron chi connectivity index (χ2n) is 8.47. The molecule has 7 heteroatoms. The number of aromatic nitrogens is 2. The fraction of sp³-hybridized carbons (Fsp3) is 0.296. The number of nitrogens with zero attached hydrogens (tertiary/aromatic N) is 2. The predicted molar refractivity (Wildman–Crippen MR) is 133 cm³/mol. The molecule has 34 heavy (non-hydrogen) atoms. The van der Waals surface area contributed by atoms with Crippen LogP contribution in [0.1, 0.15) is 37.7 Å². The second kappa shape index (κ2) is 10.9. The summed E-state index contributed by atoms with van der Waals surface area (Å²) in [6.07, 6.45) is 7.86.